The van der Waals surface area contributed by atoms with Gasteiger partial charge < -0.3 is 10.5 Å². The van der Waals surface area contributed by atoms with Gasteiger partial charge >= 0.3 is 6.09 Å². The molecule has 2 rings (SSSR count). The first-order chi connectivity index (χ1) is 10.3. The minimum Gasteiger partial charge on any atom is -0.444 e. The van der Waals surface area contributed by atoms with Crippen molar-refractivity contribution in [3.8, 4) is 0 Å². The van der Waals surface area contributed by atoms with Crippen molar-refractivity contribution < 1.29 is 9.53 Å². The summed E-state index contributed by atoms with van der Waals surface area (Å²) in [5, 5.41) is 2.74. The minimum atomic E-state index is -0.449. The van der Waals surface area contributed by atoms with E-state index < -0.39 is 6.09 Å². The molecule has 0 unspecified atom stereocenters. The van der Waals surface area contributed by atoms with Crippen molar-refractivity contribution in [3.63, 3.8) is 0 Å². The van der Waals surface area contributed by atoms with Gasteiger partial charge in [0.25, 0.3) is 0 Å². The maximum absolute atomic E-state index is 11.8. The van der Waals surface area contributed by atoms with Gasteiger partial charge in [-0.3, -0.25) is 5.32 Å². The van der Waals surface area contributed by atoms with E-state index in [-0.39, 0.29) is 6.61 Å². The van der Waals surface area contributed by atoms with E-state index in [1.54, 1.807) is 0 Å². The van der Waals surface area contributed by atoms with Crippen LogP contribution in [0.4, 0.5) is 10.5 Å². The molecule has 2 aromatic carbocycles. The van der Waals surface area contributed by atoms with Crippen LogP contribution >= 0.6 is 0 Å². The maximum atomic E-state index is 11.8. The maximum Gasteiger partial charge on any atom is 0.411 e. The summed E-state index contributed by atoms with van der Waals surface area (Å²) in [6.45, 7) is 0.927. The lowest BCUT2D eigenvalue weighted by Gasteiger charge is -2.08. The van der Waals surface area contributed by atoms with Crippen molar-refractivity contribution in [1.29, 1.82) is 0 Å². The molecule has 0 saturated carbocycles. The van der Waals surface area contributed by atoms with Crippen molar-refractivity contribution in [2.24, 2.45) is 5.73 Å². The molecule has 4 nitrogen and oxygen atoms in total. The van der Waals surface area contributed by atoms with Crippen molar-refractivity contribution in [2.45, 2.75) is 19.4 Å². The molecule has 0 atom stereocenters. The topological polar surface area (TPSA) is 64.3 Å². The Bertz CT molecular complexity index is 570. The third kappa shape index (κ3) is 5.28. The SMILES string of the molecule is NCCCc1cccc(NC(=O)OCc2ccccc2)c1. The van der Waals surface area contributed by atoms with E-state index in [1.165, 1.54) is 0 Å². The highest BCUT2D eigenvalue weighted by molar-refractivity contribution is 5.84. The zero-order valence-electron chi connectivity index (χ0n) is 11.9. The van der Waals surface area contributed by atoms with Crippen LogP contribution in [0.5, 0.6) is 0 Å². The first kappa shape index (κ1) is 15.1. The number of carbonyl (C=O) groups is 1. The highest BCUT2D eigenvalue weighted by atomic mass is 16.5. The molecule has 0 spiro atoms. The largest absolute Gasteiger partial charge is 0.444 e. The number of hydrogen-bond acceptors (Lipinski definition) is 3. The Labute approximate surface area is 124 Å². The van der Waals surface area contributed by atoms with Crippen LogP contribution in [0, 0.1) is 0 Å². The highest BCUT2D eigenvalue weighted by Gasteiger charge is 2.04. The third-order valence-electron chi connectivity index (χ3n) is 3.06. The van der Waals surface area contributed by atoms with Crippen LogP contribution in [0.1, 0.15) is 17.5 Å². The van der Waals surface area contributed by atoms with Crippen LogP contribution in [0.3, 0.4) is 0 Å². The number of carbonyl (C=O) groups excluding carboxylic acids is 1. The predicted molar refractivity (Wildman–Crippen MR) is 84.1 cm³/mol. The molecule has 0 aliphatic heterocycles. The van der Waals surface area contributed by atoms with Crippen LogP contribution < -0.4 is 11.1 Å². The molecule has 110 valence electrons. The Hall–Kier alpha value is -2.33. The summed E-state index contributed by atoms with van der Waals surface area (Å²) in [5.74, 6) is 0. The predicted octanol–water partition coefficient (Wildman–Crippen LogP) is 3.33. The van der Waals surface area contributed by atoms with Crippen molar-refractivity contribution >= 4 is 11.8 Å². The van der Waals surface area contributed by atoms with Gasteiger partial charge in [0.2, 0.25) is 0 Å². The van der Waals surface area contributed by atoms with Gasteiger partial charge in [0.15, 0.2) is 0 Å². The van der Waals surface area contributed by atoms with Gasteiger partial charge in [0.1, 0.15) is 6.61 Å². The molecule has 0 aliphatic carbocycles. The fourth-order valence-corrected chi connectivity index (χ4v) is 1.99. The fraction of sp³-hybridized carbons (Fsp3) is 0.235. The van der Waals surface area contributed by atoms with Gasteiger partial charge in [-0.2, -0.15) is 0 Å². The van der Waals surface area contributed by atoms with E-state index in [4.69, 9.17) is 10.5 Å². The summed E-state index contributed by atoms with van der Waals surface area (Å²) in [7, 11) is 0. The van der Waals surface area contributed by atoms with Gasteiger partial charge in [-0.05, 0) is 42.6 Å². The van der Waals surface area contributed by atoms with E-state index >= 15 is 0 Å². The van der Waals surface area contributed by atoms with Gasteiger partial charge in [-0.25, -0.2) is 4.79 Å². The van der Waals surface area contributed by atoms with Gasteiger partial charge in [0.05, 0.1) is 0 Å². The number of benzene rings is 2. The van der Waals surface area contributed by atoms with Crippen LogP contribution in [0.25, 0.3) is 0 Å². The molecule has 0 radical (unpaired) electrons. The number of nitrogens with one attached hydrogen (secondary N) is 1. The summed E-state index contributed by atoms with van der Waals surface area (Å²) in [4.78, 5) is 11.8. The number of hydrogen-bond donors (Lipinski definition) is 2. The van der Waals surface area contributed by atoms with Crippen molar-refractivity contribution in [3.05, 3.63) is 65.7 Å². The number of aryl methyl sites for hydroxylation is 1. The van der Waals surface area contributed by atoms with E-state index in [0.717, 1.165) is 29.7 Å². The summed E-state index contributed by atoms with van der Waals surface area (Å²) < 4.78 is 5.18. The molecule has 0 fully saturated rings. The number of amides is 1. The first-order valence-corrected chi connectivity index (χ1v) is 7.04. The molecular formula is C17H20N2O2. The van der Waals surface area contributed by atoms with Gasteiger partial charge in [0, 0.05) is 5.69 Å². The second-order valence-corrected chi connectivity index (χ2v) is 4.78. The van der Waals surface area contributed by atoms with Crippen LogP contribution in [0.15, 0.2) is 54.6 Å². The summed E-state index contributed by atoms with van der Waals surface area (Å²) in [6.07, 6.45) is 1.39. The monoisotopic (exact) mass is 284 g/mol. The summed E-state index contributed by atoms with van der Waals surface area (Å²) in [5.41, 5.74) is 8.36. The van der Waals surface area contributed by atoms with Gasteiger partial charge in [-0.15, -0.1) is 0 Å². The van der Waals surface area contributed by atoms with E-state index in [0.29, 0.717) is 6.54 Å². The molecule has 4 heteroatoms. The minimum absolute atomic E-state index is 0.263. The number of anilines is 1. The van der Waals surface area contributed by atoms with E-state index in [1.807, 2.05) is 54.6 Å². The van der Waals surface area contributed by atoms with Crippen LogP contribution in [0.2, 0.25) is 0 Å². The molecule has 1 amide bonds. The summed E-state index contributed by atoms with van der Waals surface area (Å²) >= 11 is 0. The number of nitrogens with two attached hydrogens (primary N) is 1. The van der Waals surface area contributed by atoms with E-state index in [2.05, 4.69) is 5.32 Å². The average Bonchev–Trinajstić information content (AvgIpc) is 2.52. The molecule has 3 N–H and O–H groups in total. The average molecular weight is 284 g/mol. The highest BCUT2D eigenvalue weighted by Crippen LogP contribution is 2.13. The first-order valence-electron chi connectivity index (χ1n) is 7.04. The lowest BCUT2D eigenvalue weighted by molar-refractivity contribution is 0.155. The zero-order valence-corrected chi connectivity index (χ0v) is 11.9. The number of rotatable bonds is 6. The second kappa shape index (κ2) is 8.07. The molecule has 2 aromatic rings. The summed E-state index contributed by atoms with van der Waals surface area (Å²) in [6, 6.07) is 17.3. The van der Waals surface area contributed by atoms with Crippen LogP contribution in [-0.4, -0.2) is 12.6 Å². The molecule has 0 bridgehead atoms. The molecule has 0 saturated heterocycles. The Kier molecular flexibility index (Phi) is 5.79. The Morgan fingerprint density at radius 1 is 1.05 bits per heavy atom. The molecule has 0 aliphatic rings. The Morgan fingerprint density at radius 3 is 2.57 bits per heavy atom. The Morgan fingerprint density at radius 2 is 1.81 bits per heavy atom. The normalized spacial score (nSPS) is 10.1. The molecule has 21 heavy (non-hydrogen) atoms. The Balaban J connectivity index is 1.84. The lowest BCUT2D eigenvalue weighted by atomic mass is 10.1. The van der Waals surface area contributed by atoms with Gasteiger partial charge in [-0.1, -0.05) is 42.5 Å². The van der Waals surface area contributed by atoms with Crippen molar-refractivity contribution in [1.82, 2.24) is 0 Å². The van der Waals surface area contributed by atoms with Crippen molar-refractivity contribution in [2.75, 3.05) is 11.9 Å². The molecule has 0 heterocycles. The lowest BCUT2D eigenvalue weighted by Crippen LogP contribution is -2.13. The third-order valence-corrected chi connectivity index (χ3v) is 3.06. The van der Waals surface area contributed by atoms with E-state index in [9.17, 15) is 4.79 Å². The number of ether oxygens (including phenoxy) is 1. The quantitative estimate of drug-likeness (QED) is 0.855. The smallest absolute Gasteiger partial charge is 0.411 e. The fourth-order valence-electron chi connectivity index (χ4n) is 1.99. The molecular weight excluding hydrogens is 264 g/mol. The zero-order chi connectivity index (χ0) is 14.9. The standard InChI is InChI=1S/C17H20N2O2/c18-11-5-9-14-8-4-10-16(12-14)19-17(20)21-13-15-6-2-1-3-7-15/h1-4,6-8,10,12H,5,9,11,13,18H2,(H,19,20). The molecule has 0 aromatic heterocycles. The van der Waals surface area contributed by atoms with Crippen LogP contribution in [-0.2, 0) is 17.8 Å². The second-order valence-electron chi connectivity index (χ2n) is 4.78.